The lowest BCUT2D eigenvalue weighted by Crippen LogP contribution is -2.14. The summed E-state index contributed by atoms with van der Waals surface area (Å²) in [4.78, 5) is 0. The molecule has 1 aromatic rings. The Balaban J connectivity index is 2.87. The van der Waals surface area contributed by atoms with E-state index in [1.54, 1.807) is 0 Å². The number of rotatable bonds is 6. The fourth-order valence-corrected chi connectivity index (χ4v) is 2.17. The highest BCUT2D eigenvalue weighted by atomic mass is 15.3. The summed E-state index contributed by atoms with van der Waals surface area (Å²) in [5.41, 5.74) is 3.85. The van der Waals surface area contributed by atoms with Gasteiger partial charge in [-0.05, 0) is 33.7 Å². The lowest BCUT2D eigenvalue weighted by atomic mass is 10.1. The van der Waals surface area contributed by atoms with Gasteiger partial charge in [0.15, 0.2) is 0 Å². The molecule has 92 valence electrons. The van der Waals surface area contributed by atoms with Crippen molar-refractivity contribution < 1.29 is 0 Å². The van der Waals surface area contributed by atoms with Gasteiger partial charge in [0.25, 0.3) is 0 Å². The van der Waals surface area contributed by atoms with E-state index in [9.17, 15) is 0 Å². The zero-order valence-electron chi connectivity index (χ0n) is 11.3. The Kier molecular flexibility index (Phi) is 5.00. The third-order valence-electron chi connectivity index (χ3n) is 3.15. The first-order valence-electron chi connectivity index (χ1n) is 6.37. The fourth-order valence-electron chi connectivity index (χ4n) is 2.17. The number of nitrogens with zero attached hydrogens (tertiary/aromatic N) is 2. The average Bonchev–Trinajstić information content (AvgIpc) is 2.53. The van der Waals surface area contributed by atoms with E-state index in [1.807, 2.05) is 0 Å². The van der Waals surface area contributed by atoms with Crippen LogP contribution in [0.4, 0.5) is 0 Å². The fraction of sp³-hybridized carbons (Fsp3) is 0.769. The number of aromatic nitrogens is 2. The zero-order valence-corrected chi connectivity index (χ0v) is 11.3. The highest BCUT2D eigenvalue weighted by molar-refractivity contribution is 5.24. The van der Waals surface area contributed by atoms with E-state index in [4.69, 9.17) is 0 Å². The Hall–Kier alpha value is -0.830. The molecule has 0 aliphatic heterocycles. The van der Waals surface area contributed by atoms with E-state index >= 15 is 0 Å². The van der Waals surface area contributed by atoms with E-state index in [2.05, 4.69) is 49.7 Å². The average molecular weight is 223 g/mol. The van der Waals surface area contributed by atoms with Gasteiger partial charge in [0.05, 0.1) is 5.69 Å². The van der Waals surface area contributed by atoms with Crippen molar-refractivity contribution in [1.82, 2.24) is 15.1 Å². The quantitative estimate of drug-likeness (QED) is 0.803. The van der Waals surface area contributed by atoms with Crippen molar-refractivity contribution in [3.05, 3.63) is 17.0 Å². The van der Waals surface area contributed by atoms with Crippen molar-refractivity contribution >= 4 is 0 Å². The number of aryl methyl sites for hydroxylation is 1. The van der Waals surface area contributed by atoms with Crippen LogP contribution >= 0.6 is 0 Å². The topological polar surface area (TPSA) is 29.9 Å². The number of nitrogens with one attached hydrogen (secondary N) is 1. The standard InChI is InChI=1S/C13H25N3/c1-6-8-10(3)16-12(5)13(9-14-7-2)11(4)15-16/h10,14H,6-9H2,1-5H3. The number of hydrogen-bond donors (Lipinski definition) is 1. The number of hydrogen-bond acceptors (Lipinski definition) is 2. The molecule has 0 amide bonds. The highest BCUT2D eigenvalue weighted by Gasteiger charge is 2.14. The summed E-state index contributed by atoms with van der Waals surface area (Å²) in [7, 11) is 0. The van der Waals surface area contributed by atoms with E-state index < -0.39 is 0 Å². The lowest BCUT2D eigenvalue weighted by Gasteiger charge is -2.13. The van der Waals surface area contributed by atoms with Gasteiger partial charge < -0.3 is 5.32 Å². The Morgan fingerprint density at radius 1 is 1.31 bits per heavy atom. The molecule has 1 rings (SSSR count). The van der Waals surface area contributed by atoms with Gasteiger partial charge in [-0.3, -0.25) is 4.68 Å². The zero-order chi connectivity index (χ0) is 12.1. The van der Waals surface area contributed by atoms with Crippen LogP contribution in [0.25, 0.3) is 0 Å². The molecule has 0 saturated heterocycles. The molecule has 3 nitrogen and oxygen atoms in total. The smallest absolute Gasteiger partial charge is 0.0641 e. The summed E-state index contributed by atoms with van der Waals surface area (Å²) in [5, 5.41) is 8.04. The van der Waals surface area contributed by atoms with Crippen molar-refractivity contribution in [2.45, 2.75) is 60.0 Å². The molecular weight excluding hydrogens is 198 g/mol. The van der Waals surface area contributed by atoms with Crippen LogP contribution in [-0.4, -0.2) is 16.3 Å². The van der Waals surface area contributed by atoms with Crippen LogP contribution in [0.3, 0.4) is 0 Å². The van der Waals surface area contributed by atoms with Gasteiger partial charge in [-0.2, -0.15) is 5.10 Å². The van der Waals surface area contributed by atoms with E-state index in [0.29, 0.717) is 6.04 Å². The van der Waals surface area contributed by atoms with Crippen molar-refractivity contribution in [1.29, 1.82) is 0 Å². The Bertz CT molecular complexity index is 328. The van der Waals surface area contributed by atoms with Crippen LogP contribution in [-0.2, 0) is 6.54 Å². The molecule has 1 heterocycles. The van der Waals surface area contributed by atoms with Gasteiger partial charge in [-0.15, -0.1) is 0 Å². The first kappa shape index (κ1) is 13.2. The molecule has 3 heteroatoms. The Morgan fingerprint density at radius 3 is 2.56 bits per heavy atom. The predicted molar refractivity (Wildman–Crippen MR) is 68.7 cm³/mol. The third kappa shape index (κ3) is 2.85. The van der Waals surface area contributed by atoms with Crippen LogP contribution < -0.4 is 5.32 Å². The first-order valence-corrected chi connectivity index (χ1v) is 6.37. The molecule has 1 atom stereocenters. The monoisotopic (exact) mass is 223 g/mol. The second-order valence-electron chi connectivity index (χ2n) is 4.51. The maximum atomic E-state index is 4.66. The molecule has 1 aromatic heterocycles. The second kappa shape index (κ2) is 6.04. The SMILES string of the molecule is CCCC(C)n1nc(C)c(CNCC)c1C. The van der Waals surface area contributed by atoms with Crippen molar-refractivity contribution in [2.75, 3.05) is 6.54 Å². The molecular formula is C13H25N3. The van der Waals surface area contributed by atoms with Crippen molar-refractivity contribution in [3.63, 3.8) is 0 Å². The summed E-state index contributed by atoms with van der Waals surface area (Å²) in [6, 6.07) is 0.513. The van der Waals surface area contributed by atoms with E-state index in [0.717, 1.165) is 13.1 Å². The Labute approximate surface area is 99.2 Å². The van der Waals surface area contributed by atoms with Gasteiger partial charge in [0.2, 0.25) is 0 Å². The predicted octanol–water partition coefficient (Wildman–Crippen LogP) is 2.97. The minimum atomic E-state index is 0.513. The minimum Gasteiger partial charge on any atom is -0.313 e. The largest absolute Gasteiger partial charge is 0.313 e. The summed E-state index contributed by atoms with van der Waals surface area (Å²) in [6.45, 7) is 12.8. The summed E-state index contributed by atoms with van der Waals surface area (Å²) >= 11 is 0. The maximum absolute atomic E-state index is 4.66. The van der Waals surface area contributed by atoms with Crippen molar-refractivity contribution in [3.8, 4) is 0 Å². The van der Waals surface area contributed by atoms with Gasteiger partial charge >= 0.3 is 0 Å². The highest BCUT2D eigenvalue weighted by Crippen LogP contribution is 2.20. The van der Waals surface area contributed by atoms with Crippen LogP contribution in [0.15, 0.2) is 0 Å². The first-order chi connectivity index (χ1) is 7.61. The summed E-state index contributed by atoms with van der Waals surface area (Å²) < 4.78 is 2.19. The van der Waals surface area contributed by atoms with Crippen molar-refractivity contribution in [2.24, 2.45) is 0 Å². The van der Waals surface area contributed by atoms with Crippen LogP contribution in [0.1, 0.15) is 56.6 Å². The molecule has 0 fully saturated rings. The van der Waals surface area contributed by atoms with Crippen LogP contribution in [0.2, 0.25) is 0 Å². The maximum Gasteiger partial charge on any atom is 0.0641 e. The van der Waals surface area contributed by atoms with Crippen LogP contribution in [0.5, 0.6) is 0 Å². The molecule has 1 unspecified atom stereocenters. The molecule has 0 aromatic carbocycles. The van der Waals surface area contributed by atoms with Crippen LogP contribution in [0, 0.1) is 13.8 Å². The summed E-state index contributed by atoms with van der Waals surface area (Å²) in [5.74, 6) is 0. The van der Waals surface area contributed by atoms with Gasteiger partial charge in [-0.25, -0.2) is 0 Å². The second-order valence-corrected chi connectivity index (χ2v) is 4.51. The van der Waals surface area contributed by atoms with E-state index in [1.165, 1.54) is 29.8 Å². The van der Waals surface area contributed by atoms with Gasteiger partial charge in [0.1, 0.15) is 0 Å². The molecule has 0 spiro atoms. The summed E-state index contributed by atoms with van der Waals surface area (Å²) in [6.07, 6.45) is 2.41. The lowest BCUT2D eigenvalue weighted by molar-refractivity contribution is 0.443. The molecule has 0 aliphatic rings. The normalized spacial score (nSPS) is 13.1. The molecule has 0 bridgehead atoms. The Morgan fingerprint density at radius 2 is 2.00 bits per heavy atom. The molecule has 1 N–H and O–H groups in total. The molecule has 0 radical (unpaired) electrons. The molecule has 16 heavy (non-hydrogen) atoms. The van der Waals surface area contributed by atoms with Gasteiger partial charge in [0, 0.05) is 23.8 Å². The van der Waals surface area contributed by atoms with E-state index in [-0.39, 0.29) is 0 Å². The van der Waals surface area contributed by atoms with Gasteiger partial charge in [-0.1, -0.05) is 20.3 Å². The molecule has 0 aliphatic carbocycles. The third-order valence-corrected chi connectivity index (χ3v) is 3.15. The minimum absolute atomic E-state index is 0.513. The molecule has 0 saturated carbocycles.